The number of phenolic OH excluding ortho intramolecular Hbond substituents is 1. The average molecular weight is 350 g/mol. The van der Waals surface area contributed by atoms with Crippen molar-refractivity contribution in [2.24, 2.45) is 0 Å². The van der Waals surface area contributed by atoms with Gasteiger partial charge in [-0.1, -0.05) is 12.1 Å². The van der Waals surface area contributed by atoms with Gasteiger partial charge in [0.05, 0.1) is 18.3 Å². The van der Waals surface area contributed by atoms with Crippen LogP contribution in [-0.2, 0) is 14.0 Å². The molecule has 0 bridgehead atoms. The summed E-state index contributed by atoms with van der Waals surface area (Å²) in [5, 5.41) is 9.79. The van der Waals surface area contributed by atoms with Gasteiger partial charge in [-0.15, -0.1) is 0 Å². The van der Waals surface area contributed by atoms with E-state index < -0.39 is 24.3 Å². The molecule has 130 valence electrons. The highest BCUT2D eigenvalue weighted by molar-refractivity contribution is 7.80. The van der Waals surface area contributed by atoms with Gasteiger partial charge in [0.25, 0.3) is 0 Å². The SMILES string of the molecule is COC(=O)c1cc(C=C(CS)B2OC(C)(C)C(C)(C)O2)ccc1O. The largest absolute Gasteiger partial charge is 0.507 e. The summed E-state index contributed by atoms with van der Waals surface area (Å²) in [4.78, 5) is 11.7. The molecule has 0 unspecified atom stereocenters. The fraction of sp³-hybridized carbons (Fsp3) is 0.471. The molecule has 0 aromatic heterocycles. The van der Waals surface area contributed by atoms with Crippen LogP contribution in [0.25, 0.3) is 6.08 Å². The van der Waals surface area contributed by atoms with Crippen LogP contribution < -0.4 is 0 Å². The zero-order valence-corrected chi connectivity index (χ0v) is 15.5. The molecule has 1 saturated heterocycles. The topological polar surface area (TPSA) is 65.0 Å². The quantitative estimate of drug-likeness (QED) is 0.496. The van der Waals surface area contributed by atoms with Gasteiger partial charge in [0.1, 0.15) is 11.3 Å². The van der Waals surface area contributed by atoms with Crippen LogP contribution in [0.1, 0.15) is 43.6 Å². The molecule has 1 aromatic rings. The molecule has 0 saturated carbocycles. The second-order valence-corrected chi connectivity index (χ2v) is 7.05. The molecule has 0 spiro atoms. The third kappa shape index (κ3) is 3.63. The number of thiol groups is 1. The van der Waals surface area contributed by atoms with Gasteiger partial charge < -0.3 is 19.2 Å². The van der Waals surface area contributed by atoms with Crippen molar-refractivity contribution in [1.82, 2.24) is 0 Å². The number of rotatable bonds is 4. The molecule has 0 radical (unpaired) electrons. The molecule has 1 aliphatic heterocycles. The van der Waals surface area contributed by atoms with E-state index in [1.807, 2.05) is 33.8 Å². The Kier molecular flexibility index (Phi) is 5.37. The molecule has 0 aliphatic carbocycles. The highest BCUT2D eigenvalue weighted by Crippen LogP contribution is 2.39. The van der Waals surface area contributed by atoms with Crippen molar-refractivity contribution in [1.29, 1.82) is 0 Å². The minimum absolute atomic E-state index is 0.110. The summed E-state index contributed by atoms with van der Waals surface area (Å²) in [5.74, 6) is -0.279. The molecular weight excluding hydrogens is 327 g/mol. The van der Waals surface area contributed by atoms with Crippen molar-refractivity contribution in [2.45, 2.75) is 38.9 Å². The number of phenols is 1. The maximum atomic E-state index is 11.7. The Morgan fingerprint density at radius 2 is 1.88 bits per heavy atom. The number of benzene rings is 1. The maximum absolute atomic E-state index is 11.7. The minimum atomic E-state index is -0.592. The lowest BCUT2D eigenvalue weighted by molar-refractivity contribution is 0.00578. The van der Waals surface area contributed by atoms with Crippen molar-refractivity contribution < 1.29 is 23.9 Å². The predicted molar refractivity (Wildman–Crippen MR) is 97.4 cm³/mol. The first-order chi connectivity index (χ1) is 11.1. The number of ether oxygens (including phenoxy) is 1. The molecule has 5 nitrogen and oxygen atoms in total. The third-order valence-electron chi connectivity index (χ3n) is 4.52. The van der Waals surface area contributed by atoms with Gasteiger partial charge in [-0.25, -0.2) is 4.79 Å². The van der Waals surface area contributed by atoms with Gasteiger partial charge in [0, 0.05) is 5.75 Å². The highest BCUT2D eigenvalue weighted by Gasteiger charge is 2.52. The lowest BCUT2D eigenvalue weighted by Gasteiger charge is -2.32. The van der Waals surface area contributed by atoms with Crippen molar-refractivity contribution in [3.8, 4) is 5.75 Å². The lowest BCUT2D eigenvalue weighted by atomic mass is 9.78. The van der Waals surface area contributed by atoms with Gasteiger partial charge in [-0.05, 0) is 50.9 Å². The first kappa shape index (κ1) is 18.9. The fourth-order valence-electron chi connectivity index (χ4n) is 2.31. The second kappa shape index (κ2) is 6.82. The van der Waals surface area contributed by atoms with Crippen LogP contribution in [0.3, 0.4) is 0 Å². The number of carbonyl (C=O) groups is 1. The number of hydrogen-bond donors (Lipinski definition) is 2. The zero-order valence-electron chi connectivity index (χ0n) is 14.6. The molecule has 7 heteroatoms. The zero-order chi connectivity index (χ0) is 18.1. The van der Waals surface area contributed by atoms with Crippen LogP contribution in [0, 0.1) is 0 Å². The Balaban J connectivity index is 2.34. The van der Waals surface area contributed by atoms with Crippen LogP contribution >= 0.6 is 12.6 Å². The van der Waals surface area contributed by atoms with Gasteiger partial charge >= 0.3 is 13.1 Å². The van der Waals surface area contributed by atoms with Crippen LogP contribution in [0.4, 0.5) is 0 Å². The second-order valence-electron chi connectivity index (χ2n) is 6.73. The van der Waals surface area contributed by atoms with E-state index in [0.717, 1.165) is 11.0 Å². The summed E-state index contributed by atoms with van der Waals surface area (Å²) in [7, 11) is 0.760. The first-order valence-electron chi connectivity index (χ1n) is 7.69. The molecule has 1 fully saturated rings. The first-order valence-corrected chi connectivity index (χ1v) is 8.33. The van der Waals surface area contributed by atoms with E-state index in [-0.39, 0.29) is 11.3 Å². The molecule has 1 N–H and O–H groups in total. The van der Waals surface area contributed by atoms with E-state index in [1.54, 1.807) is 12.1 Å². The number of methoxy groups -OCH3 is 1. The summed E-state index contributed by atoms with van der Waals surface area (Å²) in [6.45, 7) is 7.94. The summed E-state index contributed by atoms with van der Waals surface area (Å²) in [6.07, 6.45) is 1.85. The molecular formula is C17H23BO5S. The molecule has 0 amide bonds. The van der Waals surface area contributed by atoms with E-state index in [2.05, 4.69) is 17.4 Å². The summed E-state index contributed by atoms with van der Waals surface area (Å²) >= 11 is 4.37. The standard InChI is InChI=1S/C17H23BO5S/c1-16(2)17(3,4)23-18(22-16)12(10-24)8-11-6-7-14(19)13(9-11)15(20)21-5/h6-9,19,24H,10H2,1-5H3. The molecule has 0 atom stereocenters. The van der Waals surface area contributed by atoms with Crippen LogP contribution in [0.2, 0.25) is 0 Å². The van der Waals surface area contributed by atoms with E-state index >= 15 is 0 Å². The maximum Gasteiger partial charge on any atom is 0.491 e. The Bertz CT molecular complexity index is 653. The van der Waals surface area contributed by atoms with E-state index in [1.165, 1.54) is 13.2 Å². The van der Waals surface area contributed by atoms with Crippen molar-refractivity contribution in [3.05, 3.63) is 34.8 Å². The van der Waals surface area contributed by atoms with Crippen molar-refractivity contribution >= 4 is 31.8 Å². The molecule has 2 rings (SSSR count). The van der Waals surface area contributed by atoms with Crippen LogP contribution in [0.15, 0.2) is 23.7 Å². The van der Waals surface area contributed by atoms with Crippen LogP contribution in [0.5, 0.6) is 5.75 Å². The number of carbonyl (C=O) groups excluding carboxylic acids is 1. The van der Waals surface area contributed by atoms with Crippen LogP contribution in [-0.4, -0.2) is 42.3 Å². The number of aromatic hydroxyl groups is 1. The predicted octanol–water partition coefficient (Wildman–Crippen LogP) is 3.12. The number of esters is 1. The highest BCUT2D eigenvalue weighted by atomic mass is 32.1. The third-order valence-corrected chi connectivity index (χ3v) is 4.88. The average Bonchev–Trinajstić information content (AvgIpc) is 2.73. The smallest absolute Gasteiger partial charge is 0.491 e. The van der Waals surface area contributed by atoms with Crippen molar-refractivity contribution in [3.63, 3.8) is 0 Å². The van der Waals surface area contributed by atoms with Gasteiger partial charge in [-0.3, -0.25) is 0 Å². The lowest BCUT2D eigenvalue weighted by Crippen LogP contribution is -2.41. The number of hydrogen-bond acceptors (Lipinski definition) is 6. The monoisotopic (exact) mass is 350 g/mol. The van der Waals surface area contributed by atoms with Gasteiger partial charge in [0.15, 0.2) is 0 Å². The summed E-state index contributed by atoms with van der Waals surface area (Å²) in [6, 6.07) is 4.73. The van der Waals surface area contributed by atoms with Gasteiger partial charge in [0.2, 0.25) is 0 Å². The normalized spacial score (nSPS) is 19.4. The molecule has 1 heterocycles. The van der Waals surface area contributed by atoms with Crippen molar-refractivity contribution in [2.75, 3.05) is 12.9 Å². The Morgan fingerprint density at radius 3 is 2.38 bits per heavy atom. The molecule has 1 aliphatic rings. The molecule has 24 heavy (non-hydrogen) atoms. The van der Waals surface area contributed by atoms with E-state index in [4.69, 9.17) is 9.31 Å². The van der Waals surface area contributed by atoms with E-state index in [0.29, 0.717) is 5.75 Å². The fourth-order valence-corrected chi connectivity index (χ4v) is 2.55. The Morgan fingerprint density at radius 1 is 1.29 bits per heavy atom. The Labute approximate surface area is 148 Å². The Hall–Kier alpha value is -1.44. The molecule has 1 aromatic carbocycles. The van der Waals surface area contributed by atoms with E-state index in [9.17, 15) is 9.90 Å². The minimum Gasteiger partial charge on any atom is -0.507 e. The summed E-state index contributed by atoms with van der Waals surface area (Å²) < 4.78 is 16.7. The van der Waals surface area contributed by atoms with Gasteiger partial charge in [-0.2, -0.15) is 12.6 Å². The summed E-state index contributed by atoms with van der Waals surface area (Å²) in [5.41, 5.74) is 0.793.